The van der Waals surface area contributed by atoms with Crippen molar-refractivity contribution in [3.05, 3.63) is 47.9 Å². The topological polar surface area (TPSA) is 82.3 Å². The molecule has 0 atom stereocenters. The van der Waals surface area contributed by atoms with Crippen LogP contribution in [0, 0.1) is 6.92 Å². The molecule has 1 aromatic carbocycles. The zero-order valence-corrected chi connectivity index (χ0v) is 21.4. The SMILES string of the molecule is CCNC(=NCCCNC(=O)c1occc1C)N1CCN(c2ccccc2OC)CC1.I. The van der Waals surface area contributed by atoms with E-state index in [4.69, 9.17) is 14.1 Å². The van der Waals surface area contributed by atoms with Gasteiger partial charge in [-0.1, -0.05) is 12.1 Å². The number of nitrogens with one attached hydrogen (secondary N) is 2. The van der Waals surface area contributed by atoms with E-state index in [9.17, 15) is 4.79 Å². The highest BCUT2D eigenvalue weighted by Crippen LogP contribution is 2.28. The Morgan fingerprint density at radius 2 is 1.91 bits per heavy atom. The molecule has 0 unspecified atom stereocenters. The molecule has 1 aromatic heterocycles. The Balaban J connectivity index is 0.00000363. The number of anilines is 1. The predicted molar refractivity (Wildman–Crippen MR) is 139 cm³/mol. The molecule has 8 nitrogen and oxygen atoms in total. The van der Waals surface area contributed by atoms with Gasteiger partial charge >= 0.3 is 0 Å². The van der Waals surface area contributed by atoms with E-state index < -0.39 is 0 Å². The first-order valence-corrected chi connectivity index (χ1v) is 10.9. The Morgan fingerprint density at radius 3 is 2.56 bits per heavy atom. The summed E-state index contributed by atoms with van der Waals surface area (Å²) in [4.78, 5) is 21.5. The molecule has 9 heteroatoms. The number of benzene rings is 1. The maximum atomic E-state index is 12.1. The number of nitrogens with zero attached hydrogens (tertiary/aromatic N) is 3. The second-order valence-electron chi connectivity index (χ2n) is 7.42. The van der Waals surface area contributed by atoms with Crippen LogP contribution in [0.1, 0.15) is 29.5 Å². The van der Waals surface area contributed by atoms with Gasteiger partial charge in [0.2, 0.25) is 0 Å². The molecule has 1 aliphatic rings. The van der Waals surface area contributed by atoms with Gasteiger partial charge in [0.15, 0.2) is 11.7 Å². The number of guanidine groups is 1. The number of aryl methyl sites for hydroxylation is 1. The van der Waals surface area contributed by atoms with Gasteiger partial charge in [-0.3, -0.25) is 9.79 Å². The zero-order chi connectivity index (χ0) is 22.1. The smallest absolute Gasteiger partial charge is 0.287 e. The van der Waals surface area contributed by atoms with E-state index in [1.54, 1.807) is 13.2 Å². The first kappa shape index (κ1) is 25.8. The van der Waals surface area contributed by atoms with Gasteiger partial charge in [-0.2, -0.15) is 0 Å². The molecule has 1 saturated heterocycles. The number of amides is 1. The largest absolute Gasteiger partial charge is 0.495 e. The molecule has 0 spiro atoms. The van der Waals surface area contributed by atoms with Crippen molar-refractivity contribution in [2.75, 3.05) is 57.8 Å². The third kappa shape index (κ3) is 6.78. The predicted octanol–water partition coefficient (Wildman–Crippen LogP) is 3.12. The molecule has 1 aliphatic heterocycles. The van der Waals surface area contributed by atoms with Gasteiger partial charge in [-0.25, -0.2) is 0 Å². The van der Waals surface area contributed by atoms with Crippen molar-refractivity contribution in [3.8, 4) is 5.75 Å². The van der Waals surface area contributed by atoms with E-state index in [2.05, 4.69) is 33.4 Å². The summed E-state index contributed by atoms with van der Waals surface area (Å²) in [6, 6.07) is 9.93. The number of carbonyl (C=O) groups excluding carboxylic acids is 1. The van der Waals surface area contributed by atoms with Crippen LogP contribution in [0.4, 0.5) is 5.69 Å². The number of methoxy groups -OCH3 is 1. The Morgan fingerprint density at radius 1 is 1.16 bits per heavy atom. The maximum Gasteiger partial charge on any atom is 0.287 e. The van der Waals surface area contributed by atoms with Crippen molar-refractivity contribution < 1.29 is 13.9 Å². The summed E-state index contributed by atoms with van der Waals surface area (Å²) in [6.07, 6.45) is 2.30. The molecular formula is C23H34IN5O3. The van der Waals surface area contributed by atoms with Crippen LogP contribution in [0.2, 0.25) is 0 Å². The summed E-state index contributed by atoms with van der Waals surface area (Å²) in [7, 11) is 1.71. The van der Waals surface area contributed by atoms with Gasteiger partial charge in [0.1, 0.15) is 5.75 Å². The van der Waals surface area contributed by atoms with Crippen LogP contribution in [0.15, 0.2) is 46.0 Å². The molecular weight excluding hydrogens is 521 g/mol. The van der Waals surface area contributed by atoms with Gasteiger partial charge in [-0.15, -0.1) is 24.0 Å². The van der Waals surface area contributed by atoms with Gasteiger partial charge in [0.25, 0.3) is 5.91 Å². The lowest BCUT2D eigenvalue weighted by Crippen LogP contribution is -2.52. The number of hydrogen-bond acceptors (Lipinski definition) is 5. The zero-order valence-electron chi connectivity index (χ0n) is 19.1. The van der Waals surface area contributed by atoms with Gasteiger partial charge < -0.3 is 29.6 Å². The number of hydrogen-bond donors (Lipinski definition) is 2. The molecule has 0 bridgehead atoms. The summed E-state index contributed by atoms with van der Waals surface area (Å²) in [5, 5.41) is 6.28. The summed E-state index contributed by atoms with van der Waals surface area (Å²) < 4.78 is 10.7. The van der Waals surface area contributed by atoms with Crippen molar-refractivity contribution in [1.29, 1.82) is 0 Å². The summed E-state index contributed by atoms with van der Waals surface area (Å²) in [6.45, 7) is 9.55. The lowest BCUT2D eigenvalue weighted by molar-refractivity contribution is 0.0925. The molecule has 0 saturated carbocycles. The fourth-order valence-corrected chi connectivity index (χ4v) is 3.63. The first-order valence-electron chi connectivity index (χ1n) is 10.9. The minimum absolute atomic E-state index is 0. The Bertz CT molecular complexity index is 878. The highest BCUT2D eigenvalue weighted by molar-refractivity contribution is 14.0. The van der Waals surface area contributed by atoms with Crippen molar-refractivity contribution in [2.45, 2.75) is 20.3 Å². The van der Waals surface area contributed by atoms with Gasteiger partial charge in [0.05, 0.1) is 19.1 Å². The second kappa shape index (κ2) is 13.2. The van der Waals surface area contributed by atoms with E-state index in [0.29, 0.717) is 18.8 Å². The summed E-state index contributed by atoms with van der Waals surface area (Å²) in [5.41, 5.74) is 1.98. The summed E-state index contributed by atoms with van der Waals surface area (Å²) in [5.74, 6) is 2.04. The van der Waals surface area contributed by atoms with Gasteiger partial charge in [0, 0.05) is 51.4 Å². The third-order valence-corrected chi connectivity index (χ3v) is 5.29. The van der Waals surface area contributed by atoms with Crippen molar-refractivity contribution in [2.24, 2.45) is 4.99 Å². The molecule has 2 N–H and O–H groups in total. The van der Waals surface area contributed by atoms with Crippen LogP contribution in [0.5, 0.6) is 5.75 Å². The molecule has 0 radical (unpaired) electrons. The Hall–Kier alpha value is -2.43. The molecule has 1 amide bonds. The molecule has 3 rings (SSSR count). The van der Waals surface area contributed by atoms with E-state index in [1.807, 2.05) is 25.1 Å². The number of halogens is 1. The highest BCUT2D eigenvalue weighted by Gasteiger charge is 2.21. The summed E-state index contributed by atoms with van der Waals surface area (Å²) >= 11 is 0. The van der Waals surface area contributed by atoms with Crippen LogP contribution < -0.4 is 20.3 Å². The van der Waals surface area contributed by atoms with Crippen LogP contribution >= 0.6 is 24.0 Å². The number of furan rings is 1. The molecule has 1 fully saturated rings. The Labute approximate surface area is 207 Å². The quantitative estimate of drug-likeness (QED) is 0.226. The minimum atomic E-state index is -0.175. The van der Waals surface area contributed by atoms with Crippen LogP contribution in [-0.4, -0.2) is 69.7 Å². The number of carbonyl (C=O) groups is 1. The van der Waals surface area contributed by atoms with Crippen LogP contribution in [-0.2, 0) is 0 Å². The Kier molecular flexibility index (Phi) is 10.6. The number of para-hydroxylation sites is 2. The third-order valence-electron chi connectivity index (χ3n) is 5.29. The lowest BCUT2D eigenvalue weighted by Gasteiger charge is -2.38. The molecule has 32 heavy (non-hydrogen) atoms. The van der Waals surface area contributed by atoms with Crippen LogP contribution in [0.3, 0.4) is 0 Å². The molecule has 0 aliphatic carbocycles. The normalized spacial score (nSPS) is 14.0. The fraction of sp³-hybridized carbons (Fsp3) is 0.478. The fourth-order valence-electron chi connectivity index (χ4n) is 3.63. The van der Waals surface area contributed by atoms with E-state index in [1.165, 1.54) is 6.26 Å². The number of rotatable bonds is 8. The number of ether oxygens (including phenoxy) is 1. The highest BCUT2D eigenvalue weighted by atomic mass is 127. The number of aliphatic imine (C=N–C) groups is 1. The maximum absolute atomic E-state index is 12.1. The molecule has 2 heterocycles. The van der Waals surface area contributed by atoms with Crippen LogP contribution in [0.25, 0.3) is 0 Å². The van der Waals surface area contributed by atoms with Crippen molar-refractivity contribution in [1.82, 2.24) is 15.5 Å². The average molecular weight is 555 g/mol. The van der Waals surface area contributed by atoms with E-state index in [-0.39, 0.29) is 29.9 Å². The average Bonchev–Trinajstić information content (AvgIpc) is 3.24. The van der Waals surface area contributed by atoms with Gasteiger partial charge in [-0.05, 0) is 38.5 Å². The molecule has 176 valence electrons. The van der Waals surface area contributed by atoms with E-state index >= 15 is 0 Å². The first-order chi connectivity index (χ1) is 15.1. The second-order valence-corrected chi connectivity index (χ2v) is 7.42. The molecule has 2 aromatic rings. The standard InChI is InChI=1S/C23H33N5O3.HI/c1-4-24-23(26-12-7-11-25-22(29)21-18(2)10-17-31-21)28-15-13-27(14-16-28)19-8-5-6-9-20(19)30-3;/h5-6,8-10,17H,4,7,11-16H2,1-3H3,(H,24,26)(H,25,29);1H. The lowest BCUT2D eigenvalue weighted by atomic mass is 10.2. The van der Waals surface area contributed by atoms with Crippen molar-refractivity contribution in [3.63, 3.8) is 0 Å². The number of piperazine rings is 1. The monoisotopic (exact) mass is 555 g/mol. The minimum Gasteiger partial charge on any atom is -0.495 e. The van der Waals surface area contributed by atoms with E-state index in [0.717, 1.165) is 62.1 Å². The van der Waals surface area contributed by atoms with Crippen molar-refractivity contribution >= 4 is 41.5 Å².